The lowest BCUT2D eigenvalue weighted by molar-refractivity contribution is -0.131. The van der Waals surface area contributed by atoms with Crippen LogP contribution in [0.4, 0.5) is 0 Å². The maximum atomic E-state index is 12.4. The van der Waals surface area contributed by atoms with Crippen LogP contribution >= 0.6 is 0 Å². The van der Waals surface area contributed by atoms with Gasteiger partial charge in [0, 0.05) is 12.0 Å². The molecule has 3 N–H and O–H groups in total. The summed E-state index contributed by atoms with van der Waals surface area (Å²) in [7, 11) is -3.67. The molecule has 6 heteroatoms. The van der Waals surface area contributed by atoms with Gasteiger partial charge in [-0.25, -0.2) is 13.6 Å². The highest BCUT2D eigenvalue weighted by atomic mass is 32.2. The van der Waals surface area contributed by atoms with Gasteiger partial charge in [0.25, 0.3) is 0 Å². The van der Waals surface area contributed by atoms with Gasteiger partial charge < -0.3 is 5.32 Å². The molecule has 21 heavy (non-hydrogen) atoms. The molecule has 1 aliphatic carbocycles. The summed E-state index contributed by atoms with van der Waals surface area (Å²) >= 11 is 0. The number of hydrogen-bond acceptors (Lipinski definition) is 3. The van der Waals surface area contributed by atoms with Crippen molar-refractivity contribution in [3.63, 3.8) is 0 Å². The molecule has 5 nitrogen and oxygen atoms in total. The van der Waals surface area contributed by atoms with Gasteiger partial charge in [0.15, 0.2) is 0 Å². The van der Waals surface area contributed by atoms with Gasteiger partial charge in [0.05, 0.1) is 4.90 Å². The van der Waals surface area contributed by atoms with Crippen LogP contribution in [-0.2, 0) is 21.4 Å². The number of nitrogens with two attached hydrogens (primary N) is 1. The first-order valence-electron chi connectivity index (χ1n) is 7.27. The molecule has 1 aromatic carbocycles. The summed E-state index contributed by atoms with van der Waals surface area (Å²) < 4.78 is 22.3. The number of amides is 1. The van der Waals surface area contributed by atoms with E-state index in [1.165, 1.54) is 12.1 Å². The fourth-order valence-electron chi connectivity index (χ4n) is 2.96. The lowest BCUT2D eigenvalue weighted by atomic mass is 9.82. The lowest BCUT2D eigenvalue weighted by Gasteiger charge is -2.26. The number of rotatable bonds is 5. The molecule has 1 saturated carbocycles. The molecule has 1 aliphatic rings. The molecule has 0 radical (unpaired) electrons. The molecular formula is C15H22N2O3S. The molecular weight excluding hydrogens is 288 g/mol. The first-order valence-corrected chi connectivity index (χ1v) is 8.82. The van der Waals surface area contributed by atoms with E-state index >= 15 is 0 Å². The number of sulfonamides is 1. The quantitative estimate of drug-likeness (QED) is 0.870. The Hall–Kier alpha value is -1.40. The van der Waals surface area contributed by atoms with Crippen LogP contribution in [0.5, 0.6) is 0 Å². The van der Waals surface area contributed by atoms with Gasteiger partial charge in [-0.3, -0.25) is 4.79 Å². The number of nitrogens with one attached hydrogen (secondary N) is 1. The topological polar surface area (TPSA) is 89.3 Å². The Morgan fingerprint density at radius 2 is 1.81 bits per heavy atom. The summed E-state index contributed by atoms with van der Waals surface area (Å²) in [5, 5.41) is 8.02. The van der Waals surface area contributed by atoms with Crippen molar-refractivity contribution in [2.45, 2.75) is 50.5 Å². The molecule has 2 rings (SSSR count). The number of carbonyl (C=O) groups excluding carboxylic acids is 1. The van der Waals surface area contributed by atoms with E-state index in [-0.39, 0.29) is 16.2 Å². The van der Waals surface area contributed by atoms with Crippen LogP contribution in [0.2, 0.25) is 0 Å². The van der Waals surface area contributed by atoms with Crippen LogP contribution in [0.15, 0.2) is 29.2 Å². The summed E-state index contributed by atoms with van der Waals surface area (Å²) in [6.07, 6.45) is 5.01. The fourth-order valence-corrected chi connectivity index (χ4v) is 3.48. The normalized spacial score (nSPS) is 17.6. The molecule has 0 aliphatic heterocycles. The van der Waals surface area contributed by atoms with Crippen molar-refractivity contribution in [1.29, 1.82) is 0 Å². The Balaban J connectivity index is 1.98. The number of hydrogen-bond donors (Lipinski definition) is 2. The van der Waals surface area contributed by atoms with E-state index in [9.17, 15) is 13.2 Å². The second-order valence-electron chi connectivity index (χ2n) is 5.71. The van der Waals surface area contributed by atoms with Crippen LogP contribution < -0.4 is 10.5 Å². The molecule has 0 bridgehead atoms. The van der Waals surface area contributed by atoms with E-state index in [2.05, 4.69) is 12.2 Å². The number of benzene rings is 1. The molecule has 1 aromatic rings. The predicted octanol–water partition coefficient (Wildman–Crippen LogP) is 1.92. The molecule has 116 valence electrons. The van der Waals surface area contributed by atoms with Gasteiger partial charge >= 0.3 is 0 Å². The van der Waals surface area contributed by atoms with Gasteiger partial charge in [0.2, 0.25) is 15.9 Å². The van der Waals surface area contributed by atoms with Crippen molar-refractivity contribution in [3.05, 3.63) is 29.8 Å². The summed E-state index contributed by atoms with van der Waals surface area (Å²) in [4.78, 5) is 12.5. The third kappa shape index (κ3) is 3.63. The Kier molecular flexibility index (Phi) is 4.68. The monoisotopic (exact) mass is 310 g/mol. The van der Waals surface area contributed by atoms with Gasteiger partial charge in [0.1, 0.15) is 0 Å². The Morgan fingerprint density at radius 1 is 1.24 bits per heavy atom. The second-order valence-corrected chi connectivity index (χ2v) is 7.27. The smallest absolute Gasteiger partial charge is 0.238 e. The largest absolute Gasteiger partial charge is 0.352 e. The Labute approximate surface area is 126 Å². The molecule has 0 unspecified atom stereocenters. The lowest BCUT2D eigenvalue weighted by Crippen LogP contribution is -2.38. The van der Waals surface area contributed by atoms with Crippen molar-refractivity contribution < 1.29 is 13.2 Å². The molecule has 0 spiro atoms. The second kappa shape index (κ2) is 6.15. The van der Waals surface area contributed by atoms with Crippen molar-refractivity contribution in [1.82, 2.24) is 5.32 Å². The number of primary sulfonamides is 1. The zero-order chi connectivity index (χ0) is 15.5. The predicted molar refractivity (Wildman–Crippen MR) is 80.9 cm³/mol. The first-order chi connectivity index (χ1) is 9.87. The standard InChI is InChI=1S/C15H22N2O3S/c1-2-15(9-3-4-10-15)14(18)17-11-12-5-7-13(8-6-12)21(16,19)20/h5-8H,2-4,9-11H2,1H3,(H,17,18)(H2,16,19,20). The maximum absolute atomic E-state index is 12.4. The average Bonchev–Trinajstić information content (AvgIpc) is 2.94. The summed E-state index contributed by atoms with van der Waals surface area (Å²) in [6, 6.07) is 6.27. The molecule has 0 atom stereocenters. The SMILES string of the molecule is CCC1(C(=O)NCc2ccc(S(N)(=O)=O)cc2)CCCC1. The highest BCUT2D eigenvalue weighted by Gasteiger charge is 2.38. The van der Waals surface area contributed by atoms with Gasteiger partial charge in [-0.1, -0.05) is 31.9 Å². The van der Waals surface area contributed by atoms with E-state index in [1.807, 2.05) is 0 Å². The first kappa shape index (κ1) is 16.0. The maximum Gasteiger partial charge on any atom is 0.238 e. The van der Waals surface area contributed by atoms with E-state index in [0.29, 0.717) is 6.54 Å². The summed E-state index contributed by atoms with van der Waals surface area (Å²) in [5.41, 5.74) is 0.653. The Morgan fingerprint density at radius 3 is 2.29 bits per heavy atom. The fraction of sp³-hybridized carbons (Fsp3) is 0.533. The van der Waals surface area contributed by atoms with E-state index in [1.54, 1.807) is 12.1 Å². The van der Waals surface area contributed by atoms with Crippen LogP contribution in [0.25, 0.3) is 0 Å². The Bertz CT molecular complexity index is 602. The highest BCUT2D eigenvalue weighted by Crippen LogP contribution is 2.41. The minimum atomic E-state index is -3.67. The number of carbonyl (C=O) groups is 1. The zero-order valence-corrected chi connectivity index (χ0v) is 13.1. The van der Waals surface area contributed by atoms with Crippen molar-refractivity contribution in [2.75, 3.05) is 0 Å². The third-order valence-electron chi connectivity index (χ3n) is 4.42. The highest BCUT2D eigenvalue weighted by molar-refractivity contribution is 7.89. The molecule has 0 aromatic heterocycles. The summed E-state index contributed by atoms with van der Waals surface area (Å²) in [5.74, 6) is 0.109. The zero-order valence-electron chi connectivity index (χ0n) is 12.3. The summed E-state index contributed by atoms with van der Waals surface area (Å²) in [6.45, 7) is 2.47. The van der Waals surface area contributed by atoms with E-state index in [0.717, 1.165) is 37.7 Å². The molecule has 1 amide bonds. The van der Waals surface area contributed by atoms with Crippen LogP contribution in [-0.4, -0.2) is 14.3 Å². The third-order valence-corrected chi connectivity index (χ3v) is 5.35. The van der Waals surface area contributed by atoms with Crippen molar-refractivity contribution >= 4 is 15.9 Å². The minimum absolute atomic E-state index is 0.0818. The van der Waals surface area contributed by atoms with Crippen LogP contribution in [0, 0.1) is 5.41 Å². The molecule has 0 saturated heterocycles. The average molecular weight is 310 g/mol. The minimum Gasteiger partial charge on any atom is -0.352 e. The molecule has 1 fully saturated rings. The van der Waals surface area contributed by atoms with E-state index in [4.69, 9.17) is 5.14 Å². The van der Waals surface area contributed by atoms with Crippen molar-refractivity contribution in [2.24, 2.45) is 10.6 Å². The van der Waals surface area contributed by atoms with Gasteiger partial charge in [-0.2, -0.15) is 0 Å². The van der Waals surface area contributed by atoms with Crippen molar-refractivity contribution in [3.8, 4) is 0 Å². The van der Waals surface area contributed by atoms with Gasteiger partial charge in [-0.15, -0.1) is 0 Å². The van der Waals surface area contributed by atoms with Crippen LogP contribution in [0.1, 0.15) is 44.6 Å². The molecule has 0 heterocycles. The van der Waals surface area contributed by atoms with Gasteiger partial charge in [-0.05, 0) is 37.0 Å². The van der Waals surface area contributed by atoms with E-state index < -0.39 is 10.0 Å². The van der Waals surface area contributed by atoms with Crippen LogP contribution in [0.3, 0.4) is 0 Å².